The van der Waals surface area contributed by atoms with Gasteiger partial charge in [-0.1, -0.05) is 5.10 Å². The van der Waals surface area contributed by atoms with Crippen LogP contribution in [0.3, 0.4) is 0 Å². The summed E-state index contributed by atoms with van der Waals surface area (Å²) in [6.45, 7) is 2.23. The molecule has 5 nitrogen and oxygen atoms in total. The topological polar surface area (TPSA) is 59.2 Å². The molecule has 1 amide bonds. The van der Waals surface area contributed by atoms with E-state index in [2.05, 4.69) is 22.8 Å². The number of hydrogen-bond donors (Lipinski definition) is 1. The summed E-state index contributed by atoms with van der Waals surface area (Å²) >= 11 is 4.22. The lowest BCUT2D eigenvalue weighted by Crippen LogP contribution is -2.24. The van der Waals surface area contributed by atoms with Gasteiger partial charge >= 0.3 is 6.01 Å². The third-order valence-corrected chi connectivity index (χ3v) is 2.20. The fourth-order valence-corrected chi connectivity index (χ4v) is 1.59. The van der Waals surface area contributed by atoms with Crippen LogP contribution in [0.4, 0.5) is 6.01 Å². The lowest BCUT2D eigenvalue weighted by atomic mass is 10.4. The van der Waals surface area contributed by atoms with Crippen molar-refractivity contribution < 1.29 is 9.21 Å². The predicted octanol–water partition coefficient (Wildman–Crippen LogP) is 0.413. The zero-order valence-corrected chi connectivity index (χ0v) is 7.99. The van der Waals surface area contributed by atoms with Crippen LogP contribution >= 0.6 is 12.6 Å². The van der Waals surface area contributed by atoms with Crippen molar-refractivity contribution in [3.63, 3.8) is 0 Å². The number of nitrogens with zero attached hydrogens (tertiary/aromatic N) is 3. The first-order chi connectivity index (χ1) is 6.16. The van der Waals surface area contributed by atoms with E-state index in [0.29, 0.717) is 18.9 Å². The first-order valence-corrected chi connectivity index (χ1v) is 4.47. The van der Waals surface area contributed by atoms with Crippen molar-refractivity contribution in [1.29, 1.82) is 0 Å². The molecule has 1 atom stereocenters. The molecule has 1 aliphatic heterocycles. The van der Waals surface area contributed by atoms with E-state index in [-0.39, 0.29) is 17.2 Å². The van der Waals surface area contributed by atoms with Gasteiger partial charge in [-0.25, -0.2) is 0 Å². The molecule has 0 radical (unpaired) electrons. The van der Waals surface area contributed by atoms with Gasteiger partial charge in [-0.05, 0) is 0 Å². The van der Waals surface area contributed by atoms with Gasteiger partial charge in [0.05, 0.1) is 0 Å². The number of carbonyl (C=O) groups is 1. The van der Waals surface area contributed by atoms with E-state index in [1.54, 1.807) is 6.92 Å². The molecular formula is C7H9N3O2S. The van der Waals surface area contributed by atoms with E-state index in [1.165, 1.54) is 4.90 Å². The standard InChI is InChI=1S/C7H9N3O2S/c1-4-8-9-7(12-4)10-3-5(13)2-6(10)11/h5,13H,2-3H2,1H3. The van der Waals surface area contributed by atoms with Crippen molar-refractivity contribution in [3.8, 4) is 0 Å². The lowest BCUT2D eigenvalue weighted by molar-refractivity contribution is -0.117. The number of hydrogen-bond acceptors (Lipinski definition) is 5. The van der Waals surface area contributed by atoms with Gasteiger partial charge in [0.1, 0.15) is 0 Å². The van der Waals surface area contributed by atoms with Gasteiger partial charge in [-0.15, -0.1) is 5.10 Å². The highest BCUT2D eigenvalue weighted by atomic mass is 32.1. The van der Waals surface area contributed by atoms with E-state index in [4.69, 9.17) is 4.42 Å². The van der Waals surface area contributed by atoms with Gasteiger partial charge in [-0.2, -0.15) is 12.6 Å². The second kappa shape index (κ2) is 3.02. The van der Waals surface area contributed by atoms with E-state index >= 15 is 0 Å². The SMILES string of the molecule is Cc1nnc(N2CC(S)CC2=O)o1. The highest BCUT2D eigenvalue weighted by molar-refractivity contribution is 7.81. The maximum absolute atomic E-state index is 11.3. The molecule has 0 aromatic carbocycles. The maximum Gasteiger partial charge on any atom is 0.325 e. The second-order valence-corrected chi connectivity index (χ2v) is 3.70. The summed E-state index contributed by atoms with van der Waals surface area (Å²) < 4.78 is 5.14. The summed E-state index contributed by atoms with van der Waals surface area (Å²) in [6, 6.07) is 0.277. The van der Waals surface area contributed by atoms with Crippen LogP contribution in [0.15, 0.2) is 4.42 Å². The Morgan fingerprint density at radius 2 is 2.38 bits per heavy atom. The van der Waals surface area contributed by atoms with Crippen LogP contribution < -0.4 is 4.90 Å². The number of aromatic nitrogens is 2. The molecule has 1 fully saturated rings. The number of amides is 1. The fraction of sp³-hybridized carbons (Fsp3) is 0.571. The third kappa shape index (κ3) is 1.53. The minimum Gasteiger partial charge on any atom is -0.408 e. The number of aryl methyl sites for hydroxylation is 1. The monoisotopic (exact) mass is 199 g/mol. The van der Waals surface area contributed by atoms with Crippen LogP contribution in [-0.4, -0.2) is 27.9 Å². The highest BCUT2D eigenvalue weighted by Crippen LogP contribution is 2.22. The highest BCUT2D eigenvalue weighted by Gasteiger charge is 2.31. The molecular weight excluding hydrogens is 190 g/mol. The van der Waals surface area contributed by atoms with Gasteiger partial charge in [0.2, 0.25) is 11.8 Å². The summed E-state index contributed by atoms with van der Waals surface area (Å²) in [5, 5.41) is 7.49. The van der Waals surface area contributed by atoms with Gasteiger partial charge in [-0.3, -0.25) is 9.69 Å². The largest absolute Gasteiger partial charge is 0.408 e. The minimum absolute atomic E-state index is 0.0105. The normalized spacial score (nSPS) is 22.8. The van der Waals surface area contributed by atoms with Gasteiger partial charge in [0, 0.05) is 25.1 Å². The molecule has 0 aliphatic carbocycles. The average Bonchev–Trinajstić information content (AvgIpc) is 2.58. The molecule has 0 spiro atoms. The third-order valence-electron chi connectivity index (χ3n) is 1.85. The molecule has 0 bridgehead atoms. The summed E-state index contributed by atoms with van der Waals surface area (Å²) in [7, 11) is 0. The van der Waals surface area contributed by atoms with E-state index in [1.807, 2.05) is 0 Å². The van der Waals surface area contributed by atoms with E-state index < -0.39 is 0 Å². The molecule has 1 aromatic rings. The Bertz CT molecular complexity index is 338. The van der Waals surface area contributed by atoms with Crippen LogP contribution in [0, 0.1) is 6.92 Å². The Morgan fingerprint density at radius 3 is 2.85 bits per heavy atom. The lowest BCUT2D eigenvalue weighted by Gasteiger charge is -2.08. The molecule has 1 aromatic heterocycles. The van der Waals surface area contributed by atoms with Gasteiger partial charge in [0.25, 0.3) is 0 Å². The predicted molar refractivity (Wildman–Crippen MR) is 48.8 cm³/mol. The number of rotatable bonds is 1. The zero-order chi connectivity index (χ0) is 9.42. The summed E-state index contributed by atoms with van der Waals surface area (Å²) in [4.78, 5) is 12.8. The molecule has 2 rings (SSSR count). The average molecular weight is 199 g/mol. The van der Waals surface area contributed by atoms with Crippen LogP contribution in [0.1, 0.15) is 12.3 Å². The van der Waals surface area contributed by atoms with Crippen LogP contribution in [-0.2, 0) is 4.79 Å². The molecule has 70 valence electrons. The minimum atomic E-state index is -0.0105. The molecule has 2 heterocycles. The Morgan fingerprint density at radius 1 is 1.62 bits per heavy atom. The van der Waals surface area contributed by atoms with Crippen molar-refractivity contribution in [2.24, 2.45) is 0 Å². The van der Waals surface area contributed by atoms with Crippen molar-refractivity contribution in [2.45, 2.75) is 18.6 Å². The Hall–Kier alpha value is -1.04. The number of anilines is 1. The Labute approximate surface area is 80.5 Å². The van der Waals surface area contributed by atoms with Crippen molar-refractivity contribution in [2.75, 3.05) is 11.4 Å². The first-order valence-electron chi connectivity index (χ1n) is 3.95. The molecule has 0 saturated carbocycles. The van der Waals surface area contributed by atoms with E-state index in [9.17, 15) is 4.79 Å². The quantitative estimate of drug-likeness (QED) is 0.666. The molecule has 1 unspecified atom stereocenters. The van der Waals surface area contributed by atoms with Crippen molar-refractivity contribution >= 4 is 24.6 Å². The summed E-state index contributed by atoms with van der Waals surface area (Å²) in [5.41, 5.74) is 0. The van der Waals surface area contributed by atoms with Crippen LogP contribution in [0.5, 0.6) is 0 Å². The van der Waals surface area contributed by atoms with Crippen molar-refractivity contribution in [3.05, 3.63) is 5.89 Å². The van der Waals surface area contributed by atoms with Crippen LogP contribution in [0.2, 0.25) is 0 Å². The number of thiol groups is 1. The molecule has 1 aliphatic rings. The second-order valence-electron chi connectivity index (χ2n) is 2.97. The zero-order valence-electron chi connectivity index (χ0n) is 7.10. The number of carbonyl (C=O) groups excluding carboxylic acids is 1. The Balaban J connectivity index is 2.22. The van der Waals surface area contributed by atoms with Gasteiger partial charge < -0.3 is 4.42 Å². The smallest absolute Gasteiger partial charge is 0.325 e. The maximum atomic E-state index is 11.3. The van der Waals surface area contributed by atoms with Crippen molar-refractivity contribution in [1.82, 2.24) is 10.2 Å². The summed E-state index contributed by atoms with van der Waals surface area (Å²) in [6.07, 6.45) is 0.435. The van der Waals surface area contributed by atoms with Crippen LogP contribution in [0.25, 0.3) is 0 Å². The van der Waals surface area contributed by atoms with E-state index in [0.717, 1.165) is 0 Å². The molecule has 13 heavy (non-hydrogen) atoms. The first kappa shape index (κ1) is 8.55. The molecule has 1 saturated heterocycles. The summed E-state index contributed by atoms with van der Waals surface area (Å²) in [5.74, 6) is 0.453. The Kier molecular flexibility index (Phi) is 1.99. The fourth-order valence-electron chi connectivity index (χ4n) is 1.27. The molecule has 6 heteroatoms. The van der Waals surface area contributed by atoms with Gasteiger partial charge in [0.15, 0.2) is 0 Å². The molecule has 0 N–H and O–H groups in total.